The minimum absolute atomic E-state index is 0.204. The fourth-order valence-electron chi connectivity index (χ4n) is 3.21. The van der Waals surface area contributed by atoms with Crippen LogP contribution in [0.4, 0.5) is 5.82 Å². The Morgan fingerprint density at radius 3 is 2.77 bits per heavy atom. The minimum Gasteiger partial charge on any atom is -0.497 e. The summed E-state index contributed by atoms with van der Waals surface area (Å²) in [5, 5.41) is 6.29. The van der Waals surface area contributed by atoms with Gasteiger partial charge in [0.15, 0.2) is 0 Å². The maximum Gasteiger partial charge on any atom is 0.271 e. The Balaban J connectivity index is 1.46. The van der Waals surface area contributed by atoms with Crippen LogP contribution in [-0.2, 0) is 6.42 Å². The Morgan fingerprint density at radius 1 is 1.19 bits per heavy atom. The van der Waals surface area contributed by atoms with Crippen molar-refractivity contribution >= 4 is 11.7 Å². The van der Waals surface area contributed by atoms with Gasteiger partial charge >= 0.3 is 0 Å². The summed E-state index contributed by atoms with van der Waals surface area (Å²) in [5.41, 5.74) is 1.45. The SMILES string of the molecule is COc1cccc(CCNC(=O)c2cnc(NC3CCCCC3)cn2)c1. The van der Waals surface area contributed by atoms with Gasteiger partial charge in [-0.15, -0.1) is 0 Å². The molecule has 1 aliphatic rings. The molecule has 0 radical (unpaired) electrons. The monoisotopic (exact) mass is 354 g/mol. The minimum atomic E-state index is -0.204. The number of nitrogens with one attached hydrogen (secondary N) is 2. The van der Waals surface area contributed by atoms with E-state index in [2.05, 4.69) is 20.6 Å². The molecule has 1 aromatic carbocycles. The Morgan fingerprint density at radius 2 is 2.04 bits per heavy atom. The molecular formula is C20H26N4O2. The lowest BCUT2D eigenvalue weighted by atomic mass is 9.96. The zero-order valence-corrected chi connectivity index (χ0v) is 15.2. The first-order valence-electron chi connectivity index (χ1n) is 9.24. The van der Waals surface area contributed by atoms with Gasteiger partial charge in [-0.25, -0.2) is 9.97 Å². The van der Waals surface area contributed by atoms with E-state index in [4.69, 9.17) is 4.74 Å². The fraction of sp³-hybridized carbons (Fsp3) is 0.450. The highest BCUT2D eigenvalue weighted by molar-refractivity contribution is 5.92. The van der Waals surface area contributed by atoms with E-state index in [-0.39, 0.29) is 5.91 Å². The molecule has 1 aromatic heterocycles. The van der Waals surface area contributed by atoms with Crippen molar-refractivity contribution in [2.45, 2.75) is 44.6 Å². The van der Waals surface area contributed by atoms with Crippen molar-refractivity contribution in [1.82, 2.24) is 15.3 Å². The van der Waals surface area contributed by atoms with Crippen LogP contribution in [0.1, 0.15) is 48.2 Å². The van der Waals surface area contributed by atoms with Gasteiger partial charge in [-0.3, -0.25) is 4.79 Å². The molecule has 2 N–H and O–H groups in total. The van der Waals surface area contributed by atoms with Crippen LogP contribution in [0.3, 0.4) is 0 Å². The molecule has 138 valence electrons. The van der Waals surface area contributed by atoms with Crippen LogP contribution in [0.2, 0.25) is 0 Å². The first-order chi connectivity index (χ1) is 12.7. The highest BCUT2D eigenvalue weighted by Crippen LogP contribution is 2.20. The predicted octanol–water partition coefficient (Wildman–Crippen LogP) is 3.20. The van der Waals surface area contributed by atoms with Crippen LogP contribution in [0.15, 0.2) is 36.7 Å². The molecular weight excluding hydrogens is 328 g/mol. The van der Waals surface area contributed by atoms with Gasteiger partial charge in [0.25, 0.3) is 5.91 Å². The van der Waals surface area contributed by atoms with E-state index in [0.29, 0.717) is 18.3 Å². The van der Waals surface area contributed by atoms with Crippen molar-refractivity contribution in [2.24, 2.45) is 0 Å². The van der Waals surface area contributed by atoms with Gasteiger partial charge in [-0.1, -0.05) is 31.4 Å². The third kappa shape index (κ3) is 5.18. The number of rotatable bonds is 7. The van der Waals surface area contributed by atoms with Crippen LogP contribution in [0, 0.1) is 0 Å². The molecule has 6 heteroatoms. The van der Waals surface area contributed by atoms with Crippen LogP contribution >= 0.6 is 0 Å². The van der Waals surface area contributed by atoms with Crippen molar-refractivity contribution in [2.75, 3.05) is 19.0 Å². The Hall–Kier alpha value is -2.63. The predicted molar refractivity (Wildman–Crippen MR) is 102 cm³/mol. The van der Waals surface area contributed by atoms with E-state index < -0.39 is 0 Å². The zero-order chi connectivity index (χ0) is 18.2. The van der Waals surface area contributed by atoms with Gasteiger partial charge < -0.3 is 15.4 Å². The van der Waals surface area contributed by atoms with Crippen LogP contribution in [0.5, 0.6) is 5.75 Å². The number of carbonyl (C=O) groups is 1. The largest absolute Gasteiger partial charge is 0.497 e. The van der Waals surface area contributed by atoms with E-state index in [9.17, 15) is 4.79 Å². The molecule has 0 aliphatic heterocycles. The molecule has 0 saturated heterocycles. The molecule has 6 nitrogen and oxygen atoms in total. The molecule has 0 spiro atoms. The van der Waals surface area contributed by atoms with Crippen molar-refractivity contribution in [3.05, 3.63) is 47.9 Å². The normalized spacial score (nSPS) is 14.7. The van der Waals surface area contributed by atoms with Crippen LogP contribution in [-0.4, -0.2) is 35.6 Å². The quantitative estimate of drug-likeness (QED) is 0.798. The maximum atomic E-state index is 12.2. The highest BCUT2D eigenvalue weighted by Gasteiger charge is 2.14. The Labute approximate surface area is 154 Å². The third-order valence-electron chi connectivity index (χ3n) is 4.68. The molecule has 0 unspecified atom stereocenters. The number of hydrogen-bond acceptors (Lipinski definition) is 5. The summed E-state index contributed by atoms with van der Waals surface area (Å²) < 4.78 is 5.21. The van der Waals surface area contributed by atoms with Gasteiger partial charge in [-0.05, 0) is 37.0 Å². The average Bonchev–Trinajstić information content (AvgIpc) is 2.69. The van der Waals surface area contributed by atoms with Crippen LogP contribution < -0.4 is 15.4 Å². The molecule has 0 bridgehead atoms. The lowest BCUT2D eigenvalue weighted by Gasteiger charge is -2.23. The summed E-state index contributed by atoms with van der Waals surface area (Å²) >= 11 is 0. The van der Waals surface area contributed by atoms with E-state index in [1.165, 1.54) is 38.3 Å². The highest BCUT2D eigenvalue weighted by atomic mass is 16.5. The Bertz CT molecular complexity index is 712. The van der Waals surface area contributed by atoms with E-state index in [1.807, 2.05) is 24.3 Å². The summed E-state index contributed by atoms with van der Waals surface area (Å²) in [7, 11) is 1.65. The van der Waals surface area contributed by atoms with Gasteiger partial charge in [0.05, 0.1) is 19.5 Å². The van der Waals surface area contributed by atoms with Crippen molar-refractivity contribution in [3.63, 3.8) is 0 Å². The number of ether oxygens (including phenoxy) is 1. The second-order valence-corrected chi connectivity index (χ2v) is 6.62. The van der Waals surface area contributed by atoms with Crippen molar-refractivity contribution in [3.8, 4) is 5.75 Å². The summed E-state index contributed by atoms with van der Waals surface area (Å²) in [5.74, 6) is 1.36. The smallest absolute Gasteiger partial charge is 0.271 e. The summed E-state index contributed by atoms with van der Waals surface area (Å²) in [6, 6.07) is 8.30. The van der Waals surface area contributed by atoms with E-state index in [1.54, 1.807) is 13.3 Å². The summed E-state index contributed by atoms with van der Waals surface area (Å²) in [4.78, 5) is 20.8. The number of aromatic nitrogens is 2. The summed E-state index contributed by atoms with van der Waals surface area (Å²) in [6.07, 6.45) is 10.1. The standard InChI is InChI=1S/C20H26N4O2/c1-26-17-9-5-6-15(12-17)10-11-21-20(25)18-13-23-19(14-22-18)24-16-7-3-2-4-8-16/h5-6,9,12-14,16H,2-4,7-8,10-11H2,1H3,(H,21,25)(H,23,24). The molecule has 0 atom stereocenters. The number of hydrogen-bond donors (Lipinski definition) is 2. The lowest BCUT2D eigenvalue weighted by molar-refractivity contribution is 0.0949. The lowest BCUT2D eigenvalue weighted by Crippen LogP contribution is -2.27. The number of benzene rings is 1. The number of anilines is 1. The van der Waals surface area contributed by atoms with Crippen LogP contribution in [0.25, 0.3) is 0 Å². The Kier molecular flexibility index (Phi) is 6.41. The van der Waals surface area contributed by atoms with E-state index >= 15 is 0 Å². The first-order valence-corrected chi connectivity index (χ1v) is 9.24. The second kappa shape index (κ2) is 9.17. The second-order valence-electron chi connectivity index (χ2n) is 6.62. The van der Waals surface area contributed by atoms with Gasteiger partial charge in [0.2, 0.25) is 0 Å². The molecule has 1 aliphatic carbocycles. The fourth-order valence-corrected chi connectivity index (χ4v) is 3.21. The average molecular weight is 354 g/mol. The molecule has 1 amide bonds. The van der Waals surface area contributed by atoms with Gasteiger partial charge in [-0.2, -0.15) is 0 Å². The third-order valence-corrected chi connectivity index (χ3v) is 4.68. The molecule has 1 heterocycles. The van der Waals surface area contributed by atoms with Crippen molar-refractivity contribution < 1.29 is 9.53 Å². The van der Waals surface area contributed by atoms with E-state index in [0.717, 1.165) is 23.6 Å². The number of amides is 1. The van der Waals surface area contributed by atoms with Crippen molar-refractivity contribution in [1.29, 1.82) is 0 Å². The van der Waals surface area contributed by atoms with Gasteiger partial charge in [0, 0.05) is 12.6 Å². The molecule has 2 aromatic rings. The van der Waals surface area contributed by atoms with Gasteiger partial charge in [0.1, 0.15) is 17.3 Å². The summed E-state index contributed by atoms with van der Waals surface area (Å²) in [6.45, 7) is 0.537. The maximum absolute atomic E-state index is 12.2. The number of carbonyl (C=O) groups excluding carboxylic acids is 1. The number of nitrogens with zero attached hydrogens (tertiary/aromatic N) is 2. The number of methoxy groups -OCH3 is 1. The molecule has 26 heavy (non-hydrogen) atoms. The topological polar surface area (TPSA) is 76.1 Å². The zero-order valence-electron chi connectivity index (χ0n) is 15.2. The molecule has 3 rings (SSSR count). The first kappa shape index (κ1) is 18.2. The molecule has 1 fully saturated rings. The molecule has 1 saturated carbocycles.